The summed E-state index contributed by atoms with van der Waals surface area (Å²) in [5, 5.41) is 2.83. The topological polar surface area (TPSA) is 55.4 Å². The normalized spacial score (nSPS) is 15.3. The zero-order chi connectivity index (χ0) is 15.1. The van der Waals surface area contributed by atoms with Gasteiger partial charge in [0, 0.05) is 12.1 Å². The predicted octanol–water partition coefficient (Wildman–Crippen LogP) is 2.44. The molecule has 1 aromatic rings. The van der Waals surface area contributed by atoms with E-state index in [1.165, 1.54) is 24.3 Å². The van der Waals surface area contributed by atoms with Crippen molar-refractivity contribution in [3.63, 3.8) is 0 Å². The van der Waals surface area contributed by atoms with Crippen LogP contribution in [-0.2, 0) is 14.3 Å². The Labute approximate surface area is 123 Å². The van der Waals surface area contributed by atoms with E-state index in [2.05, 4.69) is 5.32 Å². The Balaban J connectivity index is 1.71. The van der Waals surface area contributed by atoms with Gasteiger partial charge in [0.1, 0.15) is 5.82 Å². The third-order valence-corrected chi connectivity index (χ3v) is 3.35. The summed E-state index contributed by atoms with van der Waals surface area (Å²) >= 11 is 0. The number of nitrogens with one attached hydrogen (secondary N) is 1. The summed E-state index contributed by atoms with van der Waals surface area (Å²) in [6, 6.07) is 5.92. The van der Waals surface area contributed by atoms with Crippen LogP contribution < -0.4 is 5.32 Å². The third kappa shape index (κ3) is 5.38. The van der Waals surface area contributed by atoms with Crippen LogP contribution in [0.15, 0.2) is 30.3 Å². The van der Waals surface area contributed by atoms with E-state index in [0.717, 1.165) is 25.7 Å². The molecule has 0 heterocycles. The summed E-state index contributed by atoms with van der Waals surface area (Å²) in [6.45, 7) is -0.275. The van der Waals surface area contributed by atoms with Crippen molar-refractivity contribution in [2.75, 3.05) is 6.61 Å². The number of ether oxygens (including phenoxy) is 1. The van der Waals surface area contributed by atoms with Crippen molar-refractivity contribution in [2.24, 2.45) is 0 Å². The monoisotopic (exact) mass is 291 g/mol. The molecular weight excluding hydrogens is 273 g/mol. The van der Waals surface area contributed by atoms with Gasteiger partial charge in [-0.15, -0.1) is 0 Å². The van der Waals surface area contributed by atoms with Gasteiger partial charge in [-0.25, -0.2) is 9.18 Å². The Hall–Kier alpha value is -2.17. The number of rotatable bonds is 5. The Morgan fingerprint density at radius 1 is 1.24 bits per heavy atom. The largest absolute Gasteiger partial charge is 0.452 e. The number of carbonyl (C=O) groups excluding carboxylic acids is 2. The average molecular weight is 291 g/mol. The lowest BCUT2D eigenvalue weighted by molar-refractivity contribution is -0.144. The van der Waals surface area contributed by atoms with Gasteiger partial charge in [0.15, 0.2) is 6.61 Å². The predicted molar refractivity (Wildman–Crippen MR) is 76.8 cm³/mol. The second-order valence-corrected chi connectivity index (χ2v) is 5.04. The molecule has 1 aliphatic carbocycles. The van der Waals surface area contributed by atoms with Crippen LogP contribution in [0, 0.1) is 5.82 Å². The fourth-order valence-corrected chi connectivity index (χ4v) is 2.26. The maximum absolute atomic E-state index is 12.7. The molecule has 0 bridgehead atoms. The molecule has 0 radical (unpaired) electrons. The molecule has 1 aromatic carbocycles. The summed E-state index contributed by atoms with van der Waals surface area (Å²) in [5.41, 5.74) is 0.684. The summed E-state index contributed by atoms with van der Waals surface area (Å²) in [6.07, 6.45) is 6.97. The SMILES string of the molecule is O=C(COC(=O)/C=C/c1ccc(F)cc1)NC1CCCC1. The third-order valence-electron chi connectivity index (χ3n) is 3.35. The molecule has 1 aliphatic rings. The summed E-state index contributed by atoms with van der Waals surface area (Å²) in [7, 11) is 0. The lowest BCUT2D eigenvalue weighted by atomic mass is 10.2. The van der Waals surface area contributed by atoms with E-state index in [1.54, 1.807) is 12.1 Å². The first-order valence-corrected chi connectivity index (χ1v) is 7.03. The molecular formula is C16H18FNO3. The van der Waals surface area contributed by atoms with E-state index < -0.39 is 5.97 Å². The Kier molecular flexibility index (Phi) is 5.49. The van der Waals surface area contributed by atoms with E-state index >= 15 is 0 Å². The number of halogens is 1. The van der Waals surface area contributed by atoms with Crippen molar-refractivity contribution >= 4 is 18.0 Å². The summed E-state index contributed by atoms with van der Waals surface area (Å²) in [5.74, 6) is -1.20. The van der Waals surface area contributed by atoms with Gasteiger partial charge >= 0.3 is 5.97 Å². The number of benzene rings is 1. The highest BCUT2D eigenvalue weighted by molar-refractivity contribution is 5.89. The number of amides is 1. The first-order chi connectivity index (χ1) is 10.1. The van der Waals surface area contributed by atoms with Crippen LogP contribution in [0.25, 0.3) is 6.08 Å². The van der Waals surface area contributed by atoms with Gasteiger partial charge in [0.2, 0.25) is 0 Å². The molecule has 0 spiro atoms. The molecule has 1 fully saturated rings. The Bertz CT molecular complexity index is 519. The quantitative estimate of drug-likeness (QED) is 0.669. The fourth-order valence-electron chi connectivity index (χ4n) is 2.26. The van der Waals surface area contributed by atoms with Gasteiger partial charge in [0.25, 0.3) is 5.91 Å². The molecule has 0 atom stereocenters. The lowest BCUT2D eigenvalue weighted by Crippen LogP contribution is -2.35. The number of carbonyl (C=O) groups is 2. The summed E-state index contributed by atoms with van der Waals surface area (Å²) in [4.78, 5) is 23.0. The second kappa shape index (κ2) is 7.57. The smallest absolute Gasteiger partial charge is 0.331 e. The Morgan fingerprint density at radius 2 is 1.90 bits per heavy atom. The zero-order valence-electron chi connectivity index (χ0n) is 11.7. The van der Waals surface area contributed by atoms with Crippen molar-refractivity contribution in [1.82, 2.24) is 5.32 Å². The van der Waals surface area contributed by atoms with Crippen LogP contribution in [-0.4, -0.2) is 24.5 Å². The minimum Gasteiger partial charge on any atom is -0.452 e. The van der Waals surface area contributed by atoms with E-state index in [9.17, 15) is 14.0 Å². The molecule has 1 N–H and O–H groups in total. The maximum Gasteiger partial charge on any atom is 0.331 e. The van der Waals surface area contributed by atoms with E-state index in [-0.39, 0.29) is 24.4 Å². The number of hydrogen-bond acceptors (Lipinski definition) is 3. The molecule has 1 saturated carbocycles. The van der Waals surface area contributed by atoms with Gasteiger partial charge in [-0.3, -0.25) is 4.79 Å². The van der Waals surface area contributed by atoms with Gasteiger partial charge in [-0.05, 0) is 36.6 Å². The van der Waals surface area contributed by atoms with E-state index in [1.807, 2.05) is 0 Å². The highest BCUT2D eigenvalue weighted by Gasteiger charge is 2.17. The maximum atomic E-state index is 12.7. The second-order valence-electron chi connectivity index (χ2n) is 5.04. The van der Waals surface area contributed by atoms with Crippen molar-refractivity contribution in [1.29, 1.82) is 0 Å². The van der Waals surface area contributed by atoms with Gasteiger partial charge < -0.3 is 10.1 Å². The molecule has 1 amide bonds. The van der Waals surface area contributed by atoms with Crippen LogP contribution in [0.1, 0.15) is 31.2 Å². The molecule has 2 rings (SSSR count). The molecule has 112 valence electrons. The van der Waals surface area contributed by atoms with Crippen LogP contribution in [0.4, 0.5) is 4.39 Å². The van der Waals surface area contributed by atoms with Crippen LogP contribution in [0.2, 0.25) is 0 Å². The average Bonchev–Trinajstić information content (AvgIpc) is 2.97. The lowest BCUT2D eigenvalue weighted by Gasteiger charge is -2.11. The fraction of sp³-hybridized carbons (Fsp3) is 0.375. The van der Waals surface area contributed by atoms with Crippen LogP contribution in [0.3, 0.4) is 0 Å². The molecule has 21 heavy (non-hydrogen) atoms. The highest BCUT2D eigenvalue weighted by atomic mass is 19.1. The van der Waals surface area contributed by atoms with Crippen molar-refractivity contribution in [3.8, 4) is 0 Å². The van der Waals surface area contributed by atoms with Gasteiger partial charge in [0.05, 0.1) is 0 Å². The van der Waals surface area contributed by atoms with Crippen molar-refractivity contribution in [3.05, 3.63) is 41.7 Å². The minimum absolute atomic E-state index is 0.214. The minimum atomic E-state index is -0.596. The molecule has 0 unspecified atom stereocenters. The van der Waals surface area contributed by atoms with E-state index in [0.29, 0.717) is 5.56 Å². The Morgan fingerprint density at radius 3 is 2.57 bits per heavy atom. The molecule has 0 saturated heterocycles. The van der Waals surface area contributed by atoms with Gasteiger partial charge in [-0.2, -0.15) is 0 Å². The molecule has 0 aromatic heterocycles. The highest BCUT2D eigenvalue weighted by Crippen LogP contribution is 2.17. The molecule has 0 aliphatic heterocycles. The van der Waals surface area contributed by atoms with Crippen LogP contribution >= 0.6 is 0 Å². The van der Waals surface area contributed by atoms with E-state index in [4.69, 9.17) is 4.74 Å². The standard InChI is InChI=1S/C16H18FNO3/c17-13-8-5-12(6-9-13)7-10-16(20)21-11-15(19)18-14-3-1-2-4-14/h5-10,14H,1-4,11H2,(H,18,19)/b10-7+. The van der Waals surface area contributed by atoms with Gasteiger partial charge in [-0.1, -0.05) is 25.0 Å². The van der Waals surface area contributed by atoms with Crippen molar-refractivity contribution in [2.45, 2.75) is 31.7 Å². The zero-order valence-corrected chi connectivity index (χ0v) is 11.7. The number of esters is 1. The first-order valence-electron chi connectivity index (χ1n) is 7.03. The van der Waals surface area contributed by atoms with Crippen LogP contribution in [0.5, 0.6) is 0 Å². The molecule has 4 nitrogen and oxygen atoms in total. The number of hydrogen-bond donors (Lipinski definition) is 1. The molecule has 5 heteroatoms. The summed E-state index contributed by atoms with van der Waals surface area (Å²) < 4.78 is 17.5. The first kappa shape index (κ1) is 15.2. The van der Waals surface area contributed by atoms with Crippen molar-refractivity contribution < 1.29 is 18.7 Å².